The van der Waals surface area contributed by atoms with E-state index < -0.39 is 6.09 Å². The first-order valence-electron chi connectivity index (χ1n) is 9.36. The van der Waals surface area contributed by atoms with E-state index in [1.165, 1.54) is 11.1 Å². The molecule has 0 unspecified atom stereocenters. The van der Waals surface area contributed by atoms with Crippen molar-refractivity contribution in [3.63, 3.8) is 0 Å². The number of carbonyl (C=O) groups excluding carboxylic acids is 1. The Kier molecular flexibility index (Phi) is 8.31. The predicted octanol–water partition coefficient (Wildman–Crippen LogP) is 7.84. The summed E-state index contributed by atoms with van der Waals surface area (Å²) in [7, 11) is 0. The molecule has 0 fully saturated rings. The van der Waals surface area contributed by atoms with Gasteiger partial charge in [0.05, 0.1) is 9.27 Å². The number of nitrogens with one attached hydrogen (secondary N) is 1. The normalized spacial score (nSPS) is 10.4. The van der Waals surface area contributed by atoms with Gasteiger partial charge in [0.1, 0.15) is 6.61 Å². The lowest BCUT2D eigenvalue weighted by molar-refractivity contribution is 0.173. The van der Waals surface area contributed by atoms with E-state index in [4.69, 9.17) is 16.3 Å². The van der Waals surface area contributed by atoms with Crippen molar-refractivity contribution in [2.45, 2.75) is 23.6 Å². The molecule has 0 aliphatic carbocycles. The van der Waals surface area contributed by atoms with Crippen LogP contribution in [0.4, 0.5) is 10.5 Å². The Morgan fingerprint density at radius 1 is 0.833 bits per heavy atom. The number of halogens is 1. The molecule has 0 bridgehead atoms. The van der Waals surface area contributed by atoms with Crippen molar-refractivity contribution in [3.05, 3.63) is 99.3 Å². The number of amides is 1. The van der Waals surface area contributed by atoms with Gasteiger partial charge in [-0.05, 0) is 50.2 Å². The first-order chi connectivity index (χ1) is 14.5. The van der Waals surface area contributed by atoms with Crippen molar-refractivity contribution in [3.8, 4) is 0 Å². The molecular weight excluding hydrogens is 434 g/mol. The molecule has 3 nitrogen and oxygen atoms in total. The number of benzene rings is 3. The Morgan fingerprint density at radius 2 is 1.33 bits per heavy atom. The molecule has 0 heterocycles. The van der Waals surface area contributed by atoms with Gasteiger partial charge in [0.2, 0.25) is 0 Å². The summed E-state index contributed by atoms with van der Waals surface area (Å²) >= 11 is 9.71. The third-order valence-electron chi connectivity index (χ3n) is 4.03. The Hall–Kier alpha value is -2.34. The number of carbonyl (C=O) groups is 1. The van der Waals surface area contributed by atoms with Crippen molar-refractivity contribution in [1.82, 2.24) is 0 Å². The van der Waals surface area contributed by atoms with Gasteiger partial charge in [-0.2, -0.15) is 0 Å². The van der Waals surface area contributed by atoms with Gasteiger partial charge in [0, 0.05) is 15.5 Å². The molecular formula is C24H22ClNO2S2. The van der Waals surface area contributed by atoms with E-state index in [0.29, 0.717) is 10.7 Å². The van der Waals surface area contributed by atoms with E-state index in [1.54, 1.807) is 35.7 Å². The summed E-state index contributed by atoms with van der Waals surface area (Å²) in [6.07, 6.45) is -0.542. The second-order valence-electron chi connectivity index (χ2n) is 6.59. The minimum absolute atomic E-state index is 0.00667. The third-order valence-corrected chi connectivity index (χ3v) is 6.94. The fraction of sp³-hybridized carbons (Fsp3) is 0.125. The highest BCUT2D eigenvalue weighted by Gasteiger charge is 2.13. The first-order valence-corrected chi connectivity index (χ1v) is 11.4. The molecule has 1 N–H and O–H groups in total. The Balaban J connectivity index is 1.72. The summed E-state index contributed by atoms with van der Waals surface area (Å²) in [5, 5.41) is 3.17. The van der Waals surface area contributed by atoms with Crippen molar-refractivity contribution in [2.24, 2.45) is 0 Å². The number of hydrogen-bond donors (Lipinski definition) is 1. The molecule has 0 radical (unpaired) electrons. The number of rotatable bonds is 7. The maximum atomic E-state index is 12.1. The maximum absolute atomic E-state index is 12.1. The van der Waals surface area contributed by atoms with Crippen molar-refractivity contribution < 1.29 is 9.53 Å². The molecule has 3 aromatic rings. The van der Waals surface area contributed by atoms with Crippen molar-refractivity contribution >= 4 is 46.9 Å². The van der Waals surface area contributed by atoms with Crippen LogP contribution in [0.3, 0.4) is 0 Å². The Labute approximate surface area is 190 Å². The van der Waals surface area contributed by atoms with Crippen LogP contribution in [-0.4, -0.2) is 12.7 Å². The third kappa shape index (κ3) is 7.17. The SMILES string of the molecule is Cc1ccc(SC(Sc2ccc(C)cc2)=C(Cl)COC(=O)Nc2ccccc2)cc1. The average molecular weight is 456 g/mol. The summed E-state index contributed by atoms with van der Waals surface area (Å²) in [6.45, 7) is 4.10. The van der Waals surface area contributed by atoms with Crippen LogP contribution in [0.15, 0.2) is 97.9 Å². The lowest BCUT2D eigenvalue weighted by Crippen LogP contribution is -2.14. The van der Waals surface area contributed by atoms with E-state index in [-0.39, 0.29) is 6.61 Å². The maximum Gasteiger partial charge on any atom is 0.411 e. The number of ether oxygens (including phenoxy) is 1. The molecule has 1 amide bonds. The average Bonchev–Trinajstić information content (AvgIpc) is 2.75. The Morgan fingerprint density at radius 3 is 1.83 bits per heavy atom. The summed E-state index contributed by atoms with van der Waals surface area (Å²) in [4.78, 5) is 14.2. The lowest BCUT2D eigenvalue weighted by Gasteiger charge is -2.12. The van der Waals surface area contributed by atoms with Crippen LogP contribution in [-0.2, 0) is 4.74 Å². The van der Waals surface area contributed by atoms with Crippen molar-refractivity contribution in [2.75, 3.05) is 11.9 Å². The fourth-order valence-corrected chi connectivity index (χ4v) is 4.76. The highest BCUT2D eigenvalue weighted by atomic mass is 35.5. The standard InChI is InChI=1S/C24H22ClNO2S2/c1-17-8-12-20(13-9-17)29-23(30-21-14-10-18(2)11-15-21)22(25)16-28-24(27)26-19-6-4-3-5-7-19/h3-15H,16H2,1-2H3,(H,26,27). The highest BCUT2D eigenvalue weighted by molar-refractivity contribution is 8.22. The zero-order chi connectivity index (χ0) is 21.3. The van der Waals surface area contributed by atoms with Gasteiger partial charge in [-0.3, -0.25) is 5.32 Å². The highest BCUT2D eigenvalue weighted by Crippen LogP contribution is 2.42. The zero-order valence-corrected chi connectivity index (χ0v) is 19.1. The van der Waals surface area contributed by atoms with E-state index in [2.05, 4.69) is 67.7 Å². The number of hydrogen-bond acceptors (Lipinski definition) is 4. The van der Waals surface area contributed by atoms with Crippen LogP contribution in [0, 0.1) is 13.8 Å². The van der Waals surface area contributed by atoms with E-state index in [0.717, 1.165) is 14.0 Å². The smallest absolute Gasteiger partial charge is 0.411 e. The zero-order valence-electron chi connectivity index (χ0n) is 16.7. The van der Waals surface area contributed by atoms with E-state index in [9.17, 15) is 4.79 Å². The van der Waals surface area contributed by atoms with E-state index >= 15 is 0 Å². The minimum Gasteiger partial charge on any atom is -0.443 e. The van der Waals surface area contributed by atoms with Gasteiger partial charge in [0.25, 0.3) is 0 Å². The van der Waals surface area contributed by atoms with Gasteiger partial charge in [0.15, 0.2) is 0 Å². The summed E-state index contributed by atoms with van der Waals surface area (Å²) in [6, 6.07) is 25.7. The van der Waals surface area contributed by atoms with Gasteiger partial charge >= 0.3 is 6.09 Å². The molecule has 0 spiro atoms. The van der Waals surface area contributed by atoms with Gasteiger partial charge in [-0.1, -0.05) is 88.7 Å². The molecule has 0 aromatic heterocycles. The molecule has 30 heavy (non-hydrogen) atoms. The second-order valence-corrected chi connectivity index (χ2v) is 9.47. The van der Waals surface area contributed by atoms with Gasteiger partial charge in [-0.15, -0.1) is 0 Å². The molecule has 0 saturated heterocycles. The number of anilines is 1. The number of aryl methyl sites for hydroxylation is 2. The van der Waals surface area contributed by atoms with Crippen LogP contribution < -0.4 is 5.32 Å². The lowest BCUT2D eigenvalue weighted by atomic mass is 10.2. The summed E-state index contributed by atoms with van der Waals surface area (Å²) < 4.78 is 6.21. The monoisotopic (exact) mass is 455 g/mol. The predicted molar refractivity (Wildman–Crippen MR) is 128 cm³/mol. The fourth-order valence-electron chi connectivity index (χ4n) is 2.42. The van der Waals surface area contributed by atoms with Crippen LogP contribution in [0.1, 0.15) is 11.1 Å². The van der Waals surface area contributed by atoms with Crippen LogP contribution in [0.25, 0.3) is 0 Å². The number of para-hydroxylation sites is 1. The first kappa shape index (κ1) is 22.3. The molecule has 3 aromatic carbocycles. The summed E-state index contributed by atoms with van der Waals surface area (Å²) in [5.41, 5.74) is 3.07. The second kappa shape index (κ2) is 11.2. The molecule has 0 aliphatic rings. The largest absolute Gasteiger partial charge is 0.443 e. The van der Waals surface area contributed by atoms with Crippen LogP contribution >= 0.6 is 35.1 Å². The molecule has 0 aliphatic heterocycles. The van der Waals surface area contributed by atoms with Crippen molar-refractivity contribution in [1.29, 1.82) is 0 Å². The van der Waals surface area contributed by atoms with Crippen LogP contribution in [0.2, 0.25) is 0 Å². The Bertz CT molecular complexity index is 954. The molecule has 3 rings (SSSR count). The summed E-state index contributed by atoms with van der Waals surface area (Å²) in [5.74, 6) is 0. The van der Waals surface area contributed by atoms with E-state index in [1.807, 2.05) is 18.2 Å². The van der Waals surface area contributed by atoms with Crippen LogP contribution in [0.5, 0.6) is 0 Å². The quantitative estimate of drug-likeness (QED) is 0.368. The molecule has 0 atom stereocenters. The minimum atomic E-state index is -0.542. The topological polar surface area (TPSA) is 38.3 Å². The van der Waals surface area contributed by atoms with Gasteiger partial charge in [-0.25, -0.2) is 4.79 Å². The molecule has 154 valence electrons. The molecule has 6 heteroatoms. The molecule has 0 saturated carbocycles. The van der Waals surface area contributed by atoms with Gasteiger partial charge < -0.3 is 4.74 Å². The number of thioether (sulfide) groups is 2.